The number of aromatic amines is 1. The molecular weight excluding hydrogens is 445 g/mol. The minimum absolute atomic E-state index is 0.0258. The van der Waals surface area contributed by atoms with Gasteiger partial charge < -0.3 is 5.11 Å². The Hall–Kier alpha value is -3.88. The lowest BCUT2D eigenvalue weighted by molar-refractivity contribution is -0.138. The molecule has 2 N–H and O–H groups in total. The van der Waals surface area contributed by atoms with E-state index in [1.165, 1.54) is 6.07 Å². The van der Waals surface area contributed by atoms with Gasteiger partial charge in [-0.3, -0.25) is 24.7 Å². The van der Waals surface area contributed by atoms with E-state index in [0.717, 1.165) is 22.4 Å². The molecule has 1 fully saturated rings. The van der Waals surface area contributed by atoms with Crippen molar-refractivity contribution in [2.24, 2.45) is 0 Å². The molecule has 0 spiro atoms. The van der Waals surface area contributed by atoms with E-state index < -0.39 is 5.97 Å². The number of pyridine rings is 1. The summed E-state index contributed by atoms with van der Waals surface area (Å²) in [7, 11) is 0. The van der Waals surface area contributed by atoms with Gasteiger partial charge in [0.2, 0.25) is 0 Å². The summed E-state index contributed by atoms with van der Waals surface area (Å²) in [6.07, 6.45) is 3.62. The van der Waals surface area contributed by atoms with Gasteiger partial charge in [-0.05, 0) is 23.8 Å². The Kier molecular flexibility index (Phi) is 6.65. The van der Waals surface area contributed by atoms with Gasteiger partial charge in [-0.1, -0.05) is 48.5 Å². The van der Waals surface area contributed by atoms with E-state index in [2.05, 4.69) is 21.2 Å². The number of aromatic nitrogens is 3. The minimum Gasteiger partial charge on any atom is -0.480 e. The largest absolute Gasteiger partial charge is 0.480 e. The second-order valence-corrected chi connectivity index (χ2v) is 8.63. The van der Waals surface area contributed by atoms with E-state index >= 15 is 0 Å². The van der Waals surface area contributed by atoms with Gasteiger partial charge in [0.25, 0.3) is 0 Å². The molecule has 2 aromatic carbocycles. The summed E-state index contributed by atoms with van der Waals surface area (Å²) in [5, 5.41) is 16.4. The molecule has 1 atom stereocenters. The molecule has 1 aliphatic heterocycles. The van der Waals surface area contributed by atoms with E-state index in [-0.39, 0.29) is 18.4 Å². The lowest BCUT2D eigenvalue weighted by Gasteiger charge is -2.39. The molecule has 0 aliphatic carbocycles. The Morgan fingerprint density at radius 3 is 2.40 bits per heavy atom. The van der Waals surface area contributed by atoms with E-state index in [0.29, 0.717) is 37.4 Å². The normalized spacial score (nSPS) is 15.7. The van der Waals surface area contributed by atoms with Gasteiger partial charge in [-0.25, -0.2) is 4.39 Å². The maximum atomic E-state index is 14.7. The van der Waals surface area contributed by atoms with Gasteiger partial charge in [-0.2, -0.15) is 5.10 Å². The van der Waals surface area contributed by atoms with Crippen LogP contribution in [0.15, 0.2) is 79.1 Å². The van der Waals surface area contributed by atoms with Crippen molar-refractivity contribution in [3.05, 3.63) is 96.1 Å². The predicted octanol–water partition coefficient (Wildman–Crippen LogP) is 4.07. The van der Waals surface area contributed by atoms with Gasteiger partial charge in [0, 0.05) is 49.1 Å². The number of piperazine rings is 1. The molecule has 1 unspecified atom stereocenters. The zero-order valence-corrected chi connectivity index (χ0v) is 19.1. The maximum Gasteiger partial charge on any atom is 0.317 e. The highest BCUT2D eigenvalue weighted by molar-refractivity contribution is 5.69. The van der Waals surface area contributed by atoms with Crippen LogP contribution in [-0.4, -0.2) is 68.8 Å². The van der Waals surface area contributed by atoms with Crippen LogP contribution < -0.4 is 0 Å². The van der Waals surface area contributed by atoms with Crippen LogP contribution in [0.3, 0.4) is 0 Å². The van der Waals surface area contributed by atoms with Crippen molar-refractivity contribution in [2.45, 2.75) is 6.04 Å². The predicted molar refractivity (Wildman–Crippen MR) is 131 cm³/mol. The molecule has 4 aromatic rings. The zero-order valence-electron chi connectivity index (χ0n) is 19.1. The number of aliphatic carboxylic acids is 1. The number of nitrogens with zero attached hydrogens (tertiary/aromatic N) is 4. The molecule has 3 heterocycles. The summed E-state index contributed by atoms with van der Waals surface area (Å²) in [4.78, 5) is 20.1. The van der Waals surface area contributed by atoms with E-state index in [1.807, 2.05) is 47.5 Å². The average Bonchev–Trinajstić information content (AvgIpc) is 3.35. The van der Waals surface area contributed by atoms with Crippen molar-refractivity contribution in [3.63, 3.8) is 0 Å². The monoisotopic (exact) mass is 471 g/mol. The fraction of sp³-hybridized carbons (Fsp3) is 0.222. The Balaban J connectivity index is 1.51. The molecular formula is C27H26FN5O2. The Morgan fingerprint density at radius 1 is 0.971 bits per heavy atom. The van der Waals surface area contributed by atoms with Gasteiger partial charge in [0.1, 0.15) is 5.82 Å². The number of nitrogens with one attached hydrogen (secondary N) is 1. The lowest BCUT2D eigenvalue weighted by atomic mass is 9.94. The Labute approximate surface area is 202 Å². The second kappa shape index (κ2) is 10.2. The highest BCUT2D eigenvalue weighted by Crippen LogP contribution is 2.36. The third-order valence-corrected chi connectivity index (χ3v) is 6.41. The molecule has 0 radical (unpaired) electrons. The summed E-state index contributed by atoms with van der Waals surface area (Å²) in [5.41, 5.74) is 4.83. The number of halogens is 1. The number of hydrogen-bond donors (Lipinski definition) is 2. The standard InChI is InChI=1S/C27H26FN5O2/c28-23-9-5-4-8-21(23)26-22(17-30-31-26)27(33-14-12-32(13-15-33)18-25(34)35)20-10-11-24(29-16-20)19-6-2-1-3-7-19/h1-11,16-17,27H,12-15,18H2,(H,30,31)(H,34,35). The van der Waals surface area contributed by atoms with Crippen molar-refractivity contribution in [3.8, 4) is 22.5 Å². The first kappa shape index (κ1) is 22.9. The number of hydrogen-bond acceptors (Lipinski definition) is 5. The van der Waals surface area contributed by atoms with Crippen LogP contribution in [0.5, 0.6) is 0 Å². The van der Waals surface area contributed by atoms with Crippen LogP contribution in [-0.2, 0) is 4.79 Å². The SMILES string of the molecule is O=C(O)CN1CCN(C(c2ccc(-c3ccccc3)nc2)c2cn[nH]c2-c2ccccc2F)CC1. The summed E-state index contributed by atoms with van der Waals surface area (Å²) < 4.78 is 14.7. The number of carboxylic acid groups (broad SMARTS) is 1. The van der Waals surface area contributed by atoms with Crippen molar-refractivity contribution < 1.29 is 14.3 Å². The smallest absolute Gasteiger partial charge is 0.317 e. The quantitative estimate of drug-likeness (QED) is 0.423. The first-order chi connectivity index (χ1) is 17.1. The van der Waals surface area contributed by atoms with Crippen molar-refractivity contribution in [1.82, 2.24) is 25.0 Å². The first-order valence-electron chi connectivity index (χ1n) is 11.6. The molecule has 5 rings (SSSR count). The third kappa shape index (κ3) is 4.99. The average molecular weight is 472 g/mol. The lowest BCUT2D eigenvalue weighted by Crippen LogP contribution is -2.49. The third-order valence-electron chi connectivity index (χ3n) is 6.41. The molecule has 178 valence electrons. The fourth-order valence-electron chi connectivity index (χ4n) is 4.69. The van der Waals surface area contributed by atoms with E-state index in [1.54, 1.807) is 24.4 Å². The molecule has 1 saturated heterocycles. The van der Waals surface area contributed by atoms with Crippen LogP contribution in [0.1, 0.15) is 17.2 Å². The van der Waals surface area contributed by atoms with Gasteiger partial charge in [-0.15, -0.1) is 0 Å². The minimum atomic E-state index is -0.827. The van der Waals surface area contributed by atoms with Gasteiger partial charge in [0.05, 0.1) is 30.2 Å². The molecule has 0 amide bonds. The van der Waals surface area contributed by atoms with E-state index in [9.17, 15) is 9.18 Å². The van der Waals surface area contributed by atoms with Crippen LogP contribution in [0.4, 0.5) is 4.39 Å². The van der Waals surface area contributed by atoms with Crippen molar-refractivity contribution in [1.29, 1.82) is 0 Å². The summed E-state index contributed by atoms with van der Waals surface area (Å²) in [6.45, 7) is 2.62. The van der Waals surface area contributed by atoms with Crippen LogP contribution in [0.2, 0.25) is 0 Å². The fourth-order valence-corrected chi connectivity index (χ4v) is 4.69. The molecule has 8 heteroatoms. The van der Waals surface area contributed by atoms with E-state index in [4.69, 9.17) is 10.1 Å². The van der Waals surface area contributed by atoms with Crippen molar-refractivity contribution >= 4 is 5.97 Å². The number of benzene rings is 2. The van der Waals surface area contributed by atoms with Crippen LogP contribution in [0, 0.1) is 5.82 Å². The highest BCUT2D eigenvalue weighted by atomic mass is 19.1. The first-order valence-corrected chi connectivity index (χ1v) is 11.6. The van der Waals surface area contributed by atoms with Gasteiger partial charge >= 0.3 is 5.97 Å². The Morgan fingerprint density at radius 2 is 1.71 bits per heavy atom. The molecule has 2 aromatic heterocycles. The van der Waals surface area contributed by atoms with Crippen LogP contribution in [0.25, 0.3) is 22.5 Å². The number of rotatable bonds is 7. The van der Waals surface area contributed by atoms with Gasteiger partial charge in [0.15, 0.2) is 0 Å². The van der Waals surface area contributed by atoms with Crippen LogP contribution >= 0.6 is 0 Å². The highest BCUT2D eigenvalue weighted by Gasteiger charge is 2.30. The number of H-pyrrole nitrogens is 1. The number of carbonyl (C=O) groups is 1. The molecule has 0 bridgehead atoms. The molecule has 7 nitrogen and oxygen atoms in total. The molecule has 1 aliphatic rings. The zero-order chi connectivity index (χ0) is 24.2. The summed E-state index contributed by atoms with van der Waals surface area (Å²) >= 11 is 0. The maximum absolute atomic E-state index is 14.7. The summed E-state index contributed by atoms with van der Waals surface area (Å²) in [5.74, 6) is -1.15. The molecule has 0 saturated carbocycles. The molecule has 35 heavy (non-hydrogen) atoms. The topological polar surface area (TPSA) is 85.3 Å². The summed E-state index contributed by atoms with van der Waals surface area (Å²) in [6, 6.07) is 20.5. The number of carboxylic acids is 1. The van der Waals surface area contributed by atoms with Crippen molar-refractivity contribution in [2.75, 3.05) is 32.7 Å². The Bertz CT molecular complexity index is 1280. The second-order valence-electron chi connectivity index (χ2n) is 8.63.